The summed E-state index contributed by atoms with van der Waals surface area (Å²) in [4.78, 5) is 0. The van der Waals surface area contributed by atoms with Gasteiger partial charge in [0.15, 0.2) is 0 Å². The molecule has 0 aliphatic carbocycles. The van der Waals surface area contributed by atoms with Crippen molar-refractivity contribution >= 4 is 8.80 Å². The van der Waals surface area contributed by atoms with Crippen LogP contribution in [0.2, 0.25) is 0 Å². The lowest BCUT2D eigenvalue weighted by atomic mass is 9.90. The van der Waals surface area contributed by atoms with Crippen molar-refractivity contribution in [2.75, 3.05) is 26.4 Å². The second kappa shape index (κ2) is 13.4. The van der Waals surface area contributed by atoms with E-state index in [1.54, 1.807) is 6.92 Å². The highest BCUT2D eigenvalue weighted by atomic mass is 28.4. The summed E-state index contributed by atoms with van der Waals surface area (Å²) >= 11 is 0. The molecule has 0 fully saturated rings. The Labute approximate surface area is 217 Å². The Kier molecular flexibility index (Phi) is 13.8. The molecule has 0 atom stereocenters. The Balaban J connectivity index is 0. The zero-order chi connectivity index (χ0) is 32.9. The summed E-state index contributed by atoms with van der Waals surface area (Å²) in [5.41, 5.74) is -6.79. The van der Waals surface area contributed by atoms with Gasteiger partial charge in [0.05, 0.1) is 0 Å². The van der Waals surface area contributed by atoms with E-state index >= 15 is 0 Å². The average Bonchev–Trinajstić information content (AvgIpc) is 2.77. The van der Waals surface area contributed by atoms with Crippen LogP contribution in [0.3, 0.4) is 0 Å². The van der Waals surface area contributed by atoms with E-state index in [1.807, 2.05) is 0 Å². The molecular weight excluding hydrogens is 631 g/mol. The molecule has 22 heteroatoms. The van der Waals surface area contributed by atoms with E-state index in [0.717, 1.165) is 20.8 Å². The van der Waals surface area contributed by atoms with Crippen molar-refractivity contribution in [1.82, 2.24) is 0 Å². The molecule has 0 aromatic heterocycles. The van der Waals surface area contributed by atoms with Crippen molar-refractivity contribution in [2.45, 2.75) is 87.8 Å². The molecule has 4 nitrogen and oxygen atoms in total. The zero-order valence-electron chi connectivity index (χ0n) is 20.8. The molecule has 0 rings (SSSR count). The Bertz CT molecular complexity index is 757. The van der Waals surface area contributed by atoms with E-state index in [-0.39, 0.29) is 6.61 Å². The van der Waals surface area contributed by atoms with Gasteiger partial charge in [-0.15, -0.1) is 0 Å². The van der Waals surface area contributed by atoms with Gasteiger partial charge in [-0.1, -0.05) is 0 Å². The first-order valence-corrected chi connectivity index (χ1v) is 12.5. The van der Waals surface area contributed by atoms with Gasteiger partial charge in [-0.2, -0.15) is 74.6 Å². The Morgan fingerprint density at radius 1 is 0.475 bits per heavy atom. The molecule has 0 saturated carbocycles. The van der Waals surface area contributed by atoms with Crippen LogP contribution in [-0.2, 0) is 13.3 Å². The topological polar surface area (TPSA) is 47.9 Å². The molecule has 244 valence electrons. The quantitative estimate of drug-likeness (QED) is 0.148. The van der Waals surface area contributed by atoms with E-state index in [4.69, 9.17) is 5.11 Å². The van der Waals surface area contributed by atoms with E-state index in [0.29, 0.717) is 0 Å². The van der Waals surface area contributed by atoms with Gasteiger partial charge >= 0.3 is 56.1 Å². The summed E-state index contributed by atoms with van der Waals surface area (Å²) in [6, 6.07) is 0. The van der Waals surface area contributed by atoms with Gasteiger partial charge in [-0.05, 0) is 27.7 Å². The summed E-state index contributed by atoms with van der Waals surface area (Å²) in [6.07, 6.45) is -12.2. The smallest absolute Gasteiger partial charge is 0.397 e. The lowest BCUT2D eigenvalue weighted by Crippen LogP contribution is -2.78. The minimum absolute atomic E-state index is 0.250. The lowest BCUT2D eigenvalue weighted by molar-refractivity contribution is -0.439. The lowest BCUT2D eigenvalue weighted by Gasteiger charge is -2.45. The summed E-state index contributed by atoms with van der Waals surface area (Å²) in [5, 5.41) is 7.57. The van der Waals surface area contributed by atoms with Crippen LogP contribution >= 0.6 is 0 Å². The summed E-state index contributed by atoms with van der Waals surface area (Å²) < 4.78 is 245. The predicted octanol–water partition coefficient (Wildman–Crippen LogP) is 7.36. The molecule has 0 amide bonds. The molecule has 0 aromatic rings. The third kappa shape index (κ3) is 7.25. The highest BCUT2D eigenvalue weighted by molar-refractivity contribution is 6.63. The first kappa shape index (κ1) is 41.0. The summed E-state index contributed by atoms with van der Waals surface area (Å²) in [5.74, 6) is -47.6. The van der Waals surface area contributed by atoms with Crippen molar-refractivity contribution in [3.63, 3.8) is 0 Å². The van der Waals surface area contributed by atoms with Crippen molar-refractivity contribution < 1.29 is 93.0 Å². The van der Waals surface area contributed by atoms with Crippen LogP contribution in [0.4, 0.5) is 74.6 Å². The van der Waals surface area contributed by atoms with Crippen molar-refractivity contribution in [3.05, 3.63) is 0 Å². The molecular formula is C18H25F17O4Si. The Morgan fingerprint density at radius 3 is 1.02 bits per heavy atom. The van der Waals surface area contributed by atoms with Crippen molar-refractivity contribution in [1.29, 1.82) is 0 Å². The molecule has 0 spiro atoms. The van der Waals surface area contributed by atoms with E-state index in [9.17, 15) is 74.6 Å². The maximum absolute atomic E-state index is 14.7. The molecule has 0 unspecified atom stereocenters. The molecule has 40 heavy (non-hydrogen) atoms. The highest BCUT2D eigenvalue weighted by Crippen LogP contribution is 2.63. The molecule has 0 aromatic carbocycles. The highest BCUT2D eigenvalue weighted by Gasteiger charge is 2.95. The van der Waals surface area contributed by atoms with Crippen LogP contribution in [0.15, 0.2) is 0 Å². The molecule has 0 aliphatic heterocycles. The number of hydrogen-bond acceptors (Lipinski definition) is 4. The van der Waals surface area contributed by atoms with Crippen molar-refractivity contribution in [2.24, 2.45) is 0 Å². The second-order valence-electron chi connectivity index (χ2n) is 7.44. The van der Waals surface area contributed by atoms with Crippen LogP contribution < -0.4 is 0 Å². The van der Waals surface area contributed by atoms with Gasteiger partial charge in [0.1, 0.15) is 0 Å². The van der Waals surface area contributed by atoms with Crippen LogP contribution in [0.5, 0.6) is 0 Å². The Morgan fingerprint density at radius 2 is 0.750 bits per heavy atom. The Hall–Kier alpha value is -1.13. The first-order chi connectivity index (χ1) is 17.6. The standard InChI is InChI=1S/C16H19F17O3Si.C2H6O/c1-4-34-37(35-5-2,36-6-3)16(32,33)15(30,31)14(28,29)13(26,27)12(24,25)11(22,23)9(17,18)7-8-10(19,20)21;1-2-3/h4-8H2,1-3H3;3H,2H2,1H3. The van der Waals surface area contributed by atoms with Gasteiger partial charge in [-0.3, -0.25) is 0 Å². The fourth-order valence-corrected chi connectivity index (χ4v) is 5.11. The molecule has 0 heterocycles. The van der Waals surface area contributed by atoms with Crippen LogP contribution in [0.25, 0.3) is 0 Å². The number of aliphatic hydroxyl groups is 1. The maximum Gasteiger partial charge on any atom is 0.582 e. The van der Waals surface area contributed by atoms with Crippen LogP contribution in [0.1, 0.15) is 40.5 Å². The van der Waals surface area contributed by atoms with Crippen molar-refractivity contribution in [3.8, 4) is 0 Å². The van der Waals surface area contributed by atoms with Crippen LogP contribution in [-0.4, -0.2) is 87.6 Å². The van der Waals surface area contributed by atoms with Gasteiger partial charge in [0.25, 0.3) is 0 Å². The summed E-state index contributed by atoms with van der Waals surface area (Å²) in [6.45, 7) is 0.883. The number of halogens is 17. The largest absolute Gasteiger partial charge is 0.582 e. The van der Waals surface area contributed by atoms with Gasteiger partial charge in [0, 0.05) is 39.3 Å². The first-order valence-electron chi connectivity index (χ1n) is 10.8. The second-order valence-corrected chi connectivity index (χ2v) is 10.0. The SMILES string of the molecule is CCO.CCO[Si](OCC)(OCC)C(F)(F)C(F)(F)C(F)(F)C(F)(F)C(F)(F)C(F)(F)C(F)(F)CCC(F)(F)F. The third-order valence-corrected chi connectivity index (χ3v) is 7.63. The van der Waals surface area contributed by atoms with Gasteiger partial charge in [0.2, 0.25) is 0 Å². The maximum atomic E-state index is 14.7. The summed E-state index contributed by atoms with van der Waals surface area (Å²) in [7, 11) is -6.62. The van der Waals surface area contributed by atoms with E-state index in [2.05, 4.69) is 13.3 Å². The zero-order valence-corrected chi connectivity index (χ0v) is 21.8. The minimum Gasteiger partial charge on any atom is -0.397 e. The molecule has 1 N–H and O–H groups in total. The number of aliphatic hydroxyl groups excluding tert-OH is 1. The number of alkyl halides is 17. The molecule has 0 saturated heterocycles. The van der Waals surface area contributed by atoms with E-state index in [1.165, 1.54) is 0 Å². The fraction of sp³-hybridized carbons (Fsp3) is 1.00. The fourth-order valence-electron chi connectivity index (χ4n) is 2.63. The average molecular weight is 656 g/mol. The number of rotatable bonds is 15. The minimum atomic E-state index is -8.44. The predicted molar refractivity (Wildman–Crippen MR) is 103 cm³/mol. The number of hydrogen-bond donors (Lipinski definition) is 1. The van der Waals surface area contributed by atoms with Gasteiger partial charge < -0.3 is 18.4 Å². The third-order valence-electron chi connectivity index (χ3n) is 4.54. The monoisotopic (exact) mass is 656 g/mol. The van der Waals surface area contributed by atoms with E-state index < -0.39 is 88.7 Å². The van der Waals surface area contributed by atoms with Gasteiger partial charge in [-0.25, -0.2) is 0 Å². The normalized spacial score (nSPS) is 15.2. The molecule has 0 aliphatic rings. The molecule has 0 radical (unpaired) electrons. The van der Waals surface area contributed by atoms with Crippen LogP contribution in [0, 0.1) is 0 Å². The molecule has 0 bridgehead atoms.